The average Bonchev–Trinajstić information content (AvgIpc) is 3.26. The average molecular weight is 363 g/mol. The summed E-state index contributed by atoms with van der Waals surface area (Å²) in [7, 11) is 1.99. The van der Waals surface area contributed by atoms with Crippen molar-refractivity contribution in [1.82, 2.24) is 29.6 Å². The summed E-state index contributed by atoms with van der Waals surface area (Å²) >= 11 is 0. The van der Waals surface area contributed by atoms with E-state index in [1.165, 1.54) is 12.1 Å². The predicted molar refractivity (Wildman–Crippen MR) is 105 cm³/mol. The van der Waals surface area contributed by atoms with E-state index in [1.54, 1.807) is 6.20 Å². The van der Waals surface area contributed by atoms with Crippen LogP contribution in [0.5, 0.6) is 0 Å². The van der Waals surface area contributed by atoms with Gasteiger partial charge in [-0.25, -0.2) is 15.0 Å². The van der Waals surface area contributed by atoms with E-state index in [4.69, 9.17) is 4.98 Å². The molecule has 1 aliphatic rings. The lowest BCUT2D eigenvalue weighted by Gasteiger charge is -2.24. The number of anilines is 2. The third-order valence-electron chi connectivity index (χ3n) is 5.11. The minimum atomic E-state index is 0.298. The topological polar surface area (TPSA) is 71.8 Å². The van der Waals surface area contributed by atoms with Crippen LogP contribution in [0.3, 0.4) is 0 Å². The third kappa shape index (κ3) is 3.83. The normalized spacial score (nSPS) is 17.4. The van der Waals surface area contributed by atoms with Gasteiger partial charge in [0.15, 0.2) is 0 Å². The van der Waals surface area contributed by atoms with Crippen LogP contribution in [0, 0.1) is 13.8 Å². The van der Waals surface area contributed by atoms with Crippen LogP contribution in [0.1, 0.15) is 41.7 Å². The molecule has 1 N–H and O–H groups in total. The molecule has 0 radical (unpaired) electrons. The lowest BCUT2D eigenvalue weighted by molar-refractivity contribution is 0.238. The van der Waals surface area contributed by atoms with Crippen LogP contribution in [0.4, 0.5) is 11.6 Å². The number of rotatable bonds is 5. The van der Waals surface area contributed by atoms with Gasteiger partial charge in [0.2, 0.25) is 0 Å². The van der Waals surface area contributed by atoms with Gasteiger partial charge in [-0.05, 0) is 50.9 Å². The number of pyridine rings is 1. The summed E-state index contributed by atoms with van der Waals surface area (Å²) in [6.07, 6.45) is 5.92. The number of nitrogens with zero attached hydrogens (tertiary/aromatic N) is 6. The summed E-state index contributed by atoms with van der Waals surface area (Å²) in [4.78, 5) is 16.2. The van der Waals surface area contributed by atoms with Crippen LogP contribution < -0.4 is 5.32 Å². The molecule has 4 heterocycles. The van der Waals surface area contributed by atoms with Crippen molar-refractivity contribution in [2.24, 2.45) is 7.05 Å². The molecular formula is C20H25N7. The Labute approximate surface area is 159 Å². The first-order valence-corrected chi connectivity index (χ1v) is 9.35. The van der Waals surface area contributed by atoms with E-state index in [2.05, 4.69) is 37.4 Å². The minimum absolute atomic E-state index is 0.298. The largest absolute Gasteiger partial charge is 0.325 e. The van der Waals surface area contributed by atoms with Gasteiger partial charge in [-0.1, -0.05) is 6.07 Å². The Morgan fingerprint density at radius 1 is 1.19 bits per heavy atom. The molecule has 1 aliphatic heterocycles. The third-order valence-corrected chi connectivity index (χ3v) is 5.11. The maximum atomic E-state index is 4.75. The van der Waals surface area contributed by atoms with Crippen LogP contribution >= 0.6 is 0 Å². The van der Waals surface area contributed by atoms with Gasteiger partial charge in [0.25, 0.3) is 0 Å². The van der Waals surface area contributed by atoms with E-state index in [9.17, 15) is 0 Å². The van der Waals surface area contributed by atoms with Crippen molar-refractivity contribution < 1.29 is 0 Å². The van der Waals surface area contributed by atoms with E-state index in [1.807, 2.05) is 43.9 Å². The van der Waals surface area contributed by atoms with Crippen molar-refractivity contribution in [1.29, 1.82) is 0 Å². The molecule has 0 amide bonds. The summed E-state index contributed by atoms with van der Waals surface area (Å²) in [5, 5.41) is 7.64. The van der Waals surface area contributed by atoms with Crippen molar-refractivity contribution >= 4 is 11.6 Å². The molecule has 1 unspecified atom stereocenters. The first-order chi connectivity index (χ1) is 13.1. The van der Waals surface area contributed by atoms with E-state index in [-0.39, 0.29) is 0 Å². The smallest absolute Gasteiger partial charge is 0.135 e. The number of nitrogens with one attached hydrogen (secondary N) is 1. The zero-order valence-electron chi connectivity index (χ0n) is 16.1. The van der Waals surface area contributed by atoms with Gasteiger partial charge in [-0.2, -0.15) is 5.10 Å². The SMILES string of the molecule is Cc1nc(Nc2ncccc2C)cc(C2CCCN2Cc2ccnn2C)n1. The zero-order chi connectivity index (χ0) is 18.8. The lowest BCUT2D eigenvalue weighted by Crippen LogP contribution is -2.25. The van der Waals surface area contributed by atoms with E-state index < -0.39 is 0 Å². The molecule has 27 heavy (non-hydrogen) atoms. The summed E-state index contributed by atoms with van der Waals surface area (Å²) < 4.78 is 1.94. The second kappa shape index (κ2) is 7.44. The fourth-order valence-electron chi connectivity index (χ4n) is 3.68. The number of aryl methyl sites for hydroxylation is 3. The molecule has 0 saturated carbocycles. The molecule has 0 aliphatic carbocycles. The molecule has 7 nitrogen and oxygen atoms in total. The second-order valence-corrected chi connectivity index (χ2v) is 7.09. The van der Waals surface area contributed by atoms with Crippen LogP contribution in [0.25, 0.3) is 0 Å². The van der Waals surface area contributed by atoms with Gasteiger partial charge in [0, 0.05) is 32.1 Å². The summed E-state index contributed by atoms with van der Waals surface area (Å²) in [6.45, 7) is 5.94. The minimum Gasteiger partial charge on any atom is -0.325 e. The lowest BCUT2D eigenvalue weighted by atomic mass is 10.1. The number of likely N-dealkylation sites (tertiary alicyclic amines) is 1. The molecule has 1 atom stereocenters. The Morgan fingerprint density at radius 3 is 2.85 bits per heavy atom. The van der Waals surface area contributed by atoms with Gasteiger partial charge in [0.05, 0.1) is 17.4 Å². The number of hydrogen-bond acceptors (Lipinski definition) is 6. The Morgan fingerprint density at radius 2 is 2.07 bits per heavy atom. The summed E-state index contributed by atoms with van der Waals surface area (Å²) in [5.41, 5.74) is 3.38. The van der Waals surface area contributed by atoms with Crippen molar-refractivity contribution in [2.75, 3.05) is 11.9 Å². The quantitative estimate of drug-likeness (QED) is 0.750. The molecule has 0 spiro atoms. The fraction of sp³-hybridized carbons (Fsp3) is 0.400. The van der Waals surface area contributed by atoms with Crippen molar-refractivity contribution in [3.05, 3.63) is 59.4 Å². The molecule has 1 saturated heterocycles. The molecular weight excluding hydrogens is 338 g/mol. The highest BCUT2D eigenvalue weighted by molar-refractivity contribution is 5.55. The Bertz CT molecular complexity index is 934. The number of aromatic nitrogens is 5. The van der Waals surface area contributed by atoms with Crippen molar-refractivity contribution in [2.45, 2.75) is 39.3 Å². The summed E-state index contributed by atoms with van der Waals surface area (Å²) in [6, 6.07) is 8.42. The monoisotopic (exact) mass is 363 g/mol. The van der Waals surface area contributed by atoms with Gasteiger partial charge in [-0.15, -0.1) is 0 Å². The Hall–Kier alpha value is -2.80. The summed E-state index contributed by atoms with van der Waals surface area (Å²) in [5.74, 6) is 2.40. The highest BCUT2D eigenvalue weighted by Gasteiger charge is 2.28. The van der Waals surface area contributed by atoms with E-state index in [0.29, 0.717) is 6.04 Å². The second-order valence-electron chi connectivity index (χ2n) is 7.09. The van der Waals surface area contributed by atoms with Crippen LogP contribution in [0.2, 0.25) is 0 Å². The highest BCUT2D eigenvalue weighted by atomic mass is 15.3. The van der Waals surface area contributed by atoms with E-state index >= 15 is 0 Å². The van der Waals surface area contributed by atoms with Crippen LogP contribution in [-0.2, 0) is 13.6 Å². The molecule has 140 valence electrons. The van der Waals surface area contributed by atoms with Gasteiger partial charge in [-0.3, -0.25) is 9.58 Å². The highest BCUT2D eigenvalue weighted by Crippen LogP contribution is 2.33. The van der Waals surface area contributed by atoms with Crippen LogP contribution in [0.15, 0.2) is 36.7 Å². The molecule has 4 rings (SSSR count). The molecule has 1 fully saturated rings. The number of hydrogen-bond donors (Lipinski definition) is 1. The van der Waals surface area contributed by atoms with Crippen molar-refractivity contribution in [3.8, 4) is 0 Å². The maximum Gasteiger partial charge on any atom is 0.135 e. The van der Waals surface area contributed by atoms with Crippen molar-refractivity contribution in [3.63, 3.8) is 0 Å². The zero-order valence-corrected chi connectivity index (χ0v) is 16.1. The molecule has 3 aromatic rings. The molecule has 0 bridgehead atoms. The van der Waals surface area contributed by atoms with Gasteiger partial charge >= 0.3 is 0 Å². The standard InChI is InChI=1S/C20H25N7/c1-14-6-4-9-21-20(14)25-19-12-17(23-15(2)24-19)18-7-5-11-27(18)13-16-8-10-22-26(16)3/h4,6,8-10,12,18H,5,7,11,13H2,1-3H3,(H,21,23,24,25). The molecule has 3 aromatic heterocycles. The fourth-order valence-corrected chi connectivity index (χ4v) is 3.68. The van der Waals surface area contributed by atoms with Gasteiger partial charge in [0.1, 0.15) is 17.5 Å². The maximum absolute atomic E-state index is 4.75. The molecule has 7 heteroatoms. The first kappa shape index (κ1) is 17.6. The molecule has 0 aromatic carbocycles. The van der Waals surface area contributed by atoms with Gasteiger partial charge < -0.3 is 5.32 Å². The van der Waals surface area contributed by atoms with Crippen LogP contribution in [-0.4, -0.2) is 36.2 Å². The predicted octanol–water partition coefficient (Wildman–Crippen LogP) is 3.30. The first-order valence-electron chi connectivity index (χ1n) is 9.35. The Kier molecular flexibility index (Phi) is 4.85. The Balaban J connectivity index is 1.58. The van der Waals surface area contributed by atoms with E-state index in [0.717, 1.165) is 48.2 Å².